The molecule has 45 valence electrons. The smallest absolute Gasteiger partial charge is 0.240 e. The second-order valence-electron chi connectivity index (χ2n) is 1.87. The van der Waals surface area contributed by atoms with Crippen LogP contribution in [0.3, 0.4) is 0 Å². The number of primary amides is 1. The molecular weight excluding hydrogens is 104 g/mol. The number of amides is 1. The molecule has 0 bridgehead atoms. The van der Waals surface area contributed by atoms with Crippen molar-refractivity contribution in [2.75, 3.05) is 6.54 Å². The highest BCUT2D eigenvalue weighted by molar-refractivity contribution is 5.88. The van der Waals surface area contributed by atoms with Crippen molar-refractivity contribution in [2.24, 2.45) is 5.73 Å². The molecule has 1 radical (unpaired) electrons. The van der Waals surface area contributed by atoms with E-state index in [1.807, 2.05) is 0 Å². The van der Waals surface area contributed by atoms with Crippen molar-refractivity contribution < 1.29 is 4.79 Å². The van der Waals surface area contributed by atoms with Crippen molar-refractivity contribution in [3.63, 3.8) is 0 Å². The Kier molecular flexibility index (Phi) is 1.48. The average Bonchev–Trinajstić information content (AvgIpc) is 2.12. The van der Waals surface area contributed by atoms with Gasteiger partial charge >= 0.3 is 0 Å². The summed E-state index contributed by atoms with van der Waals surface area (Å²) in [5, 5.41) is 2.90. The lowest BCUT2D eigenvalue weighted by atomic mass is 10.2. The van der Waals surface area contributed by atoms with Gasteiger partial charge in [0.05, 0.1) is 0 Å². The van der Waals surface area contributed by atoms with E-state index in [4.69, 9.17) is 5.73 Å². The molecule has 1 rings (SSSR count). The first-order chi connectivity index (χ1) is 3.80. The predicted octanol–water partition coefficient (Wildman–Crippen LogP) is -0.613. The van der Waals surface area contributed by atoms with Crippen LogP contribution in [-0.2, 0) is 4.79 Å². The SMILES string of the molecule is NC(=O)[C]1CCCN1. The van der Waals surface area contributed by atoms with Crippen LogP contribution in [0.2, 0.25) is 0 Å². The van der Waals surface area contributed by atoms with E-state index in [-0.39, 0.29) is 5.91 Å². The summed E-state index contributed by atoms with van der Waals surface area (Å²) in [7, 11) is 0. The Balaban J connectivity index is 2.35. The van der Waals surface area contributed by atoms with Gasteiger partial charge in [0, 0.05) is 0 Å². The first kappa shape index (κ1) is 5.56. The maximum absolute atomic E-state index is 10.3. The summed E-state index contributed by atoms with van der Waals surface area (Å²) in [4.78, 5) is 10.3. The molecule has 0 unspecified atom stereocenters. The van der Waals surface area contributed by atoms with Gasteiger partial charge in [0.2, 0.25) is 5.91 Å². The van der Waals surface area contributed by atoms with Crippen molar-refractivity contribution in [2.45, 2.75) is 12.8 Å². The molecule has 1 amide bonds. The van der Waals surface area contributed by atoms with Gasteiger partial charge in [-0.25, -0.2) is 0 Å². The molecule has 0 aromatic rings. The summed E-state index contributed by atoms with van der Waals surface area (Å²) < 4.78 is 0. The van der Waals surface area contributed by atoms with Gasteiger partial charge in [0.1, 0.15) is 6.04 Å². The number of hydrogen-bond acceptors (Lipinski definition) is 2. The summed E-state index contributed by atoms with van der Waals surface area (Å²) in [5.41, 5.74) is 4.96. The molecular formula is C5H9N2O. The quantitative estimate of drug-likeness (QED) is 0.476. The molecule has 0 spiro atoms. The van der Waals surface area contributed by atoms with Crippen molar-refractivity contribution >= 4 is 5.91 Å². The molecule has 0 atom stereocenters. The highest BCUT2D eigenvalue weighted by atomic mass is 16.1. The van der Waals surface area contributed by atoms with Gasteiger partial charge in [-0.05, 0) is 19.4 Å². The zero-order valence-electron chi connectivity index (χ0n) is 4.61. The Bertz CT molecular complexity index is 96.6. The maximum Gasteiger partial charge on any atom is 0.240 e. The van der Waals surface area contributed by atoms with Gasteiger partial charge in [0.25, 0.3) is 0 Å². The van der Waals surface area contributed by atoms with E-state index in [1.54, 1.807) is 0 Å². The first-order valence-electron chi connectivity index (χ1n) is 2.70. The molecule has 1 saturated heterocycles. The fourth-order valence-corrected chi connectivity index (χ4v) is 0.803. The number of carbonyl (C=O) groups excluding carboxylic acids is 1. The van der Waals surface area contributed by atoms with Gasteiger partial charge in [-0.2, -0.15) is 0 Å². The molecule has 3 N–H and O–H groups in total. The largest absolute Gasteiger partial charge is 0.368 e. The van der Waals surface area contributed by atoms with E-state index in [9.17, 15) is 4.79 Å². The molecule has 1 fully saturated rings. The highest BCUT2D eigenvalue weighted by Gasteiger charge is 2.19. The lowest BCUT2D eigenvalue weighted by Gasteiger charge is -1.99. The van der Waals surface area contributed by atoms with E-state index < -0.39 is 0 Å². The van der Waals surface area contributed by atoms with Gasteiger partial charge in [-0.3, -0.25) is 4.79 Å². The van der Waals surface area contributed by atoms with E-state index in [2.05, 4.69) is 5.32 Å². The zero-order valence-corrected chi connectivity index (χ0v) is 4.61. The van der Waals surface area contributed by atoms with Crippen LogP contribution >= 0.6 is 0 Å². The standard InChI is InChI=1S/C5H9N2O/c6-5(8)4-2-1-3-7-4/h7H,1-3H2,(H2,6,8). The lowest BCUT2D eigenvalue weighted by Crippen LogP contribution is -2.28. The van der Waals surface area contributed by atoms with E-state index in [1.165, 1.54) is 0 Å². The van der Waals surface area contributed by atoms with Crippen LogP contribution in [0, 0.1) is 6.04 Å². The van der Waals surface area contributed by atoms with Gasteiger partial charge < -0.3 is 11.1 Å². The Labute approximate surface area is 48.2 Å². The average molecular weight is 113 g/mol. The van der Waals surface area contributed by atoms with Crippen molar-refractivity contribution in [3.05, 3.63) is 6.04 Å². The van der Waals surface area contributed by atoms with Crippen molar-refractivity contribution in [3.8, 4) is 0 Å². The minimum atomic E-state index is -0.303. The molecule has 1 aliphatic rings. The number of nitrogens with one attached hydrogen (secondary N) is 1. The van der Waals surface area contributed by atoms with Gasteiger partial charge in [-0.15, -0.1) is 0 Å². The summed E-state index contributed by atoms with van der Waals surface area (Å²) in [6.45, 7) is 0.901. The minimum absolute atomic E-state index is 0.303. The summed E-state index contributed by atoms with van der Waals surface area (Å²) >= 11 is 0. The van der Waals surface area contributed by atoms with Crippen LogP contribution in [0.5, 0.6) is 0 Å². The number of rotatable bonds is 1. The Morgan fingerprint density at radius 3 is 2.75 bits per heavy atom. The topological polar surface area (TPSA) is 55.1 Å². The third kappa shape index (κ3) is 0.980. The monoisotopic (exact) mass is 113 g/mol. The number of nitrogens with two attached hydrogens (primary N) is 1. The molecule has 0 aliphatic carbocycles. The summed E-state index contributed by atoms with van der Waals surface area (Å²) in [5.74, 6) is -0.303. The normalized spacial score (nSPS) is 21.5. The van der Waals surface area contributed by atoms with E-state index in [0.29, 0.717) is 6.04 Å². The second-order valence-corrected chi connectivity index (χ2v) is 1.87. The Morgan fingerprint density at radius 2 is 2.50 bits per heavy atom. The molecule has 0 aromatic carbocycles. The number of hydrogen-bond donors (Lipinski definition) is 2. The second kappa shape index (κ2) is 2.13. The van der Waals surface area contributed by atoms with Crippen LogP contribution in [0.15, 0.2) is 0 Å². The molecule has 8 heavy (non-hydrogen) atoms. The fourth-order valence-electron chi connectivity index (χ4n) is 0.803. The fraction of sp³-hybridized carbons (Fsp3) is 0.600. The third-order valence-corrected chi connectivity index (χ3v) is 1.24. The van der Waals surface area contributed by atoms with Crippen LogP contribution in [0.25, 0.3) is 0 Å². The zero-order chi connectivity index (χ0) is 5.98. The predicted molar refractivity (Wildman–Crippen MR) is 29.7 cm³/mol. The Morgan fingerprint density at radius 1 is 1.75 bits per heavy atom. The van der Waals surface area contributed by atoms with Crippen LogP contribution in [-0.4, -0.2) is 12.5 Å². The molecule has 0 aromatic heterocycles. The van der Waals surface area contributed by atoms with E-state index >= 15 is 0 Å². The van der Waals surface area contributed by atoms with Crippen LogP contribution < -0.4 is 11.1 Å². The molecule has 3 heteroatoms. The molecule has 1 heterocycles. The number of carbonyl (C=O) groups is 1. The van der Waals surface area contributed by atoms with Crippen LogP contribution in [0.4, 0.5) is 0 Å². The van der Waals surface area contributed by atoms with Crippen LogP contribution in [0.1, 0.15) is 12.8 Å². The van der Waals surface area contributed by atoms with Crippen molar-refractivity contribution in [1.82, 2.24) is 5.32 Å². The molecule has 3 nitrogen and oxygen atoms in total. The van der Waals surface area contributed by atoms with Gasteiger partial charge in [0.15, 0.2) is 0 Å². The molecule has 1 aliphatic heterocycles. The Hall–Kier alpha value is -0.570. The third-order valence-electron chi connectivity index (χ3n) is 1.24. The first-order valence-corrected chi connectivity index (χ1v) is 2.70. The van der Waals surface area contributed by atoms with E-state index in [0.717, 1.165) is 19.4 Å². The summed E-state index contributed by atoms with van der Waals surface area (Å²) in [6, 6.07) is 0.685. The van der Waals surface area contributed by atoms with Crippen molar-refractivity contribution in [1.29, 1.82) is 0 Å². The highest BCUT2D eigenvalue weighted by Crippen LogP contribution is 2.10. The van der Waals surface area contributed by atoms with Gasteiger partial charge in [-0.1, -0.05) is 0 Å². The summed E-state index contributed by atoms with van der Waals surface area (Å²) in [6.07, 6.45) is 1.87. The lowest BCUT2D eigenvalue weighted by molar-refractivity contribution is -0.116. The minimum Gasteiger partial charge on any atom is -0.368 e. The maximum atomic E-state index is 10.3. The molecule has 0 saturated carbocycles.